The Kier molecular flexibility index (Phi) is 6.10. The largest absolute Gasteiger partial charge is 0.573 e. The van der Waals surface area contributed by atoms with Gasteiger partial charge in [0.2, 0.25) is 0 Å². The second-order valence-electron chi connectivity index (χ2n) is 4.39. The molecule has 2 rings (SSSR count). The molecule has 3 nitrogen and oxygen atoms in total. The van der Waals surface area contributed by atoms with Gasteiger partial charge >= 0.3 is 6.36 Å². The van der Waals surface area contributed by atoms with Gasteiger partial charge in [-0.2, -0.15) is 0 Å². The molecule has 2 aromatic carbocycles. The van der Waals surface area contributed by atoms with Crippen molar-refractivity contribution in [3.8, 4) is 11.5 Å². The van der Waals surface area contributed by atoms with Crippen LogP contribution in [0.15, 0.2) is 36.4 Å². The maximum Gasteiger partial charge on any atom is 0.573 e. The maximum atomic E-state index is 13.4. The zero-order chi connectivity index (χ0) is 16.5. The zero-order valence-electron chi connectivity index (χ0n) is 11.3. The summed E-state index contributed by atoms with van der Waals surface area (Å²) in [6, 6.07) is 5.86. The summed E-state index contributed by atoms with van der Waals surface area (Å²) in [4.78, 5) is 0. The van der Waals surface area contributed by atoms with Crippen molar-refractivity contribution in [2.24, 2.45) is 5.73 Å². The molecule has 0 fully saturated rings. The van der Waals surface area contributed by atoms with E-state index in [-0.39, 0.29) is 23.0 Å². The Bertz CT molecular complexity index is 678. The Balaban J connectivity index is 0.00000264. The summed E-state index contributed by atoms with van der Waals surface area (Å²) in [5.41, 5.74) is 6.17. The third-order valence-corrected chi connectivity index (χ3v) is 3.23. The van der Waals surface area contributed by atoms with Crippen molar-refractivity contribution in [3.05, 3.63) is 58.4 Å². The number of ether oxygens (including phenoxy) is 1. The molecule has 0 amide bonds. The topological polar surface area (TPSA) is 55.5 Å². The number of aromatic hydroxyl groups is 1. The summed E-state index contributed by atoms with van der Waals surface area (Å²) in [6.07, 6.45) is -4.80. The highest BCUT2D eigenvalue weighted by atomic mass is 35.5. The van der Waals surface area contributed by atoms with E-state index in [1.54, 1.807) is 0 Å². The van der Waals surface area contributed by atoms with Crippen LogP contribution in [-0.2, 0) is 0 Å². The molecule has 3 N–H and O–H groups in total. The number of hydrogen-bond donors (Lipinski definition) is 2. The van der Waals surface area contributed by atoms with Crippen molar-refractivity contribution in [1.82, 2.24) is 0 Å². The molecule has 0 bridgehead atoms. The van der Waals surface area contributed by atoms with Gasteiger partial charge in [-0.25, -0.2) is 4.39 Å². The van der Waals surface area contributed by atoms with Crippen LogP contribution in [0.3, 0.4) is 0 Å². The summed E-state index contributed by atoms with van der Waals surface area (Å²) in [5.74, 6) is -2.01. The molecule has 0 aromatic heterocycles. The fourth-order valence-electron chi connectivity index (χ4n) is 1.90. The summed E-state index contributed by atoms with van der Waals surface area (Å²) in [5, 5.41) is 9.75. The first kappa shape index (κ1) is 19.3. The Hall–Kier alpha value is -1.70. The van der Waals surface area contributed by atoms with Gasteiger partial charge in [0, 0.05) is 10.6 Å². The second kappa shape index (κ2) is 7.25. The fourth-order valence-corrected chi connectivity index (χ4v) is 2.17. The van der Waals surface area contributed by atoms with Crippen molar-refractivity contribution < 1.29 is 27.4 Å². The van der Waals surface area contributed by atoms with Crippen molar-refractivity contribution in [1.29, 1.82) is 0 Å². The van der Waals surface area contributed by atoms with Crippen LogP contribution < -0.4 is 10.5 Å². The van der Waals surface area contributed by atoms with Crippen molar-refractivity contribution in [2.75, 3.05) is 0 Å². The number of phenolic OH excluding ortho intramolecular Hbond substituents is 1. The molecule has 1 atom stereocenters. The molecule has 0 heterocycles. The lowest BCUT2D eigenvalue weighted by Gasteiger charge is -2.17. The minimum Gasteiger partial charge on any atom is -0.505 e. The van der Waals surface area contributed by atoms with Crippen LogP contribution in [0.25, 0.3) is 0 Å². The lowest BCUT2D eigenvalue weighted by Crippen LogP contribution is -2.17. The van der Waals surface area contributed by atoms with Crippen LogP contribution in [0.5, 0.6) is 11.5 Å². The SMILES string of the molecule is Cl.N[C@@H](c1ccc(OC(F)(F)F)cc1)c1c(Cl)ccc(F)c1O. The standard InChI is InChI=1S/C14H10ClF4NO2.ClH/c15-9-5-6-10(16)13(21)11(9)12(20)7-1-3-8(4-2-7)22-14(17,18)19;/h1-6,12,21H,20H2;1H/t12-;/m0./s1. The Morgan fingerprint density at radius 3 is 2.17 bits per heavy atom. The first-order chi connectivity index (χ1) is 10.2. The number of phenols is 1. The number of alkyl halides is 3. The normalized spacial score (nSPS) is 12.4. The van der Waals surface area contributed by atoms with E-state index in [0.717, 1.165) is 18.2 Å². The van der Waals surface area contributed by atoms with Gasteiger partial charge in [-0.3, -0.25) is 0 Å². The van der Waals surface area contributed by atoms with Crippen LogP contribution in [0.2, 0.25) is 5.02 Å². The Morgan fingerprint density at radius 2 is 1.65 bits per heavy atom. The van der Waals surface area contributed by atoms with Crippen molar-refractivity contribution >= 4 is 24.0 Å². The third-order valence-electron chi connectivity index (χ3n) is 2.90. The predicted octanol–water partition coefficient (Wildman–Crippen LogP) is 4.55. The van der Waals surface area contributed by atoms with Crippen molar-refractivity contribution in [3.63, 3.8) is 0 Å². The summed E-state index contributed by atoms with van der Waals surface area (Å²) in [6.45, 7) is 0. The van der Waals surface area contributed by atoms with E-state index in [0.29, 0.717) is 5.56 Å². The van der Waals surface area contributed by atoms with Gasteiger partial charge in [0.25, 0.3) is 0 Å². The average Bonchev–Trinajstić information content (AvgIpc) is 2.42. The third kappa shape index (κ3) is 4.63. The molecule has 23 heavy (non-hydrogen) atoms. The number of halogens is 6. The molecule has 0 saturated carbocycles. The highest BCUT2D eigenvalue weighted by molar-refractivity contribution is 6.31. The monoisotopic (exact) mass is 371 g/mol. The van der Waals surface area contributed by atoms with E-state index in [1.165, 1.54) is 18.2 Å². The van der Waals surface area contributed by atoms with Gasteiger partial charge in [0.15, 0.2) is 11.6 Å². The molecule has 9 heteroatoms. The lowest BCUT2D eigenvalue weighted by atomic mass is 9.98. The molecule has 0 saturated heterocycles. The van der Waals surface area contributed by atoms with E-state index < -0.39 is 29.7 Å². The first-order valence-corrected chi connectivity index (χ1v) is 6.35. The smallest absolute Gasteiger partial charge is 0.505 e. The molecular formula is C14H11Cl2F4NO2. The average molecular weight is 372 g/mol. The van der Waals surface area contributed by atoms with Gasteiger partial charge in [-0.1, -0.05) is 23.7 Å². The summed E-state index contributed by atoms with van der Waals surface area (Å²) >= 11 is 5.88. The molecule has 0 aliphatic carbocycles. The van der Waals surface area contributed by atoms with Gasteiger partial charge in [0.1, 0.15) is 5.75 Å². The number of rotatable bonds is 3. The fraction of sp³-hybridized carbons (Fsp3) is 0.143. The van der Waals surface area contributed by atoms with E-state index in [4.69, 9.17) is 17.3 Å². The molecule has 126 valence electrons. The van der Waals surface area contributed by atoms with E-state index >= 15 is 0 Å². The predicted molar refractivity (Wildman–Crippen MR) is 79.5 cm³/mol. The maximum absolute atomic E-state index is 13.4. The lowest BCUT2D eigenvalue weighted by molar-refractivity contribution is -0.274. The minimum absolute atomic E-state index is 0. The molecule has 0 aliphatic rings. The Morgan fingerprint density at radius 1 is 1.09 bits per heavy atom. The Labute approximate surface area is 140 Å². The number of benzene rings is 2. The molecule has 2 aromatic rings. The second-order valence-corrected chi connectivity index (χ2v) is 4.79. The molecule has 0 spiro atoms. The minimum atomic E-state index is -4.80. The molecule has 0 aliphatic heterocycles. The van der Waals surface area contributed by atoms with Gasteiger partial charge in [0.05, 0.1) is 6.04 Å². The van der Waals surface area contributed by atoms with Crippen LogP contribution in [-0.4, -0.2) is 11.5 Å². The molecule has 0 unspecified atom stereocenters. The van der Waals surface area contributed by atoms with E-state index in [1.807, 2.05) is 0 Å². The highest BCUT2D eigenvalue weighted by Crippen LogP contribution is 2.36. The van der Waals surface area contributed by atoms with E-state index in [2.05, 4.69) is 4.74 Å². The van der Waals surface area contributed by atoms with E-state index in [9.17, 15) is 22.7 Å². The van der Waals surface area contributed by atoms with Gasteiger partial charge < -0.3 is 15.6 Å². The zero-order valence-corrected chi connectivity index (χ0v) is 12.8. The van der Waals surface area contributed by atoms with Crippen LogP contribution in [0, 0.1) is 5.82 Å². The summed E-state index contributed by atoms with van der Waals surface area (Å²) < 4.78 is 53.3. The van der Waals surface area contributed by atoms with Crippen LogP contribution in [0.4, 0.5) is 17.6 Å². The van der Waals surface area contributed by atoms with Gasteiger partial charge in [-0.05, 0) is 29.8 Å². The van der Waals surface area contributed by atoms with Crippen LogP contribution >= 0.6 is 24.0 Å². The van der Waals surface area contributed by atoms with Crippen LogP contribution in [0.1, 0.15) is 17.2 Å². The highest BCUT2D eigenvalue weighted by Gasteiger charge is 2.31. The quantitative estimate of drug-likeness (QED) is 0.778. The van der Waals surface area contributed by atoms with Crippen molar-refractivity contribution in [2.45, 2.75) is 12.4 Å². The molecular weight excluding hydrogens is 361 g/mol. The number of nitrogens with two attached hydrogens (primary N) is 1. The summed E-state index contributed by atoms with van der Waals surface area (Å²) in [7, 11) is 0. The molecule has 0 radical (unpaired) electrons. The van der Waals surface area contributed by atoms with Gasteiger partial charge in [-0.15, -0.1) is 25.6 Å². The number of hydrogen-bond acceptors (Lipinski definition) is 3. The first-order valence-electron chi connectivity index (χ1n) is 5.97.